The SMILES string of the molecule is CC(C)c1cccc(C(C)C)c1-n1cc(-c2ccc3oc4cccc(O)c4c3n2)nc1-c1cccc2cnc[c-]c12.[Pt]. The van der Waals surface area contributed by atoms with Crippen LogP contribution in [0.1, 0.15) is 50.7 Å². The number of hydrogen-bond donors (Lipinski definition) is 1. The topological polar surface area (TPSA) is 77.0 Å². The van der Waals surface area contributed by atoms with Gasteiger partial charge in [-0.05, 0) is 59.6 Å². The van der Waals surface area contributed by atoms with Gasteiger partial charge >= 0.3 is 0 Å². The van der Waals surface area contributed by atoms with Crippen molar-refractivity contribution in [3.05, 3.63) is 103 Å². The van der Waals surface area contributed by atoms with E-state index in [2.05, 4.69) is 73.8 Å². The molecule has 0 spiro atoms. The largest absolute Gasteiger partial charge is 0.507 e. The number of aromatic nitrogens is 4. The first-order valence-electron chi connectivity index (χ1n) is 13.9. The van der Waals surface area contributed by atoms with E-state index in [1.54, 1.807) is 18.3 Å². The molecule has 42 heavy (non-hydrogen) atoms. The minimum absolute atomic E-state index is 0. The number of aromatic hydroxyl groups is 1. The van der Waals surface area contributed by atoms with Gasteiger partial charge in [0.25, 0.3) is 0 Å². The third-order valence-corrected chi connectivity index (χ3v) is 7.71. The second-order valence-electron chi connectivity index (χ2n) is 11.0. The summed E-state index contributed by atoms with van der Waals surface area (Å²) in [5, 5.41) is 13.2. The predicted molar refractivity (Wildman–Crippen MR) is 163 cm³/mol. The number of phenols is 1. The maximum atomic E-state index is 10.6. The van der Waals surface area contributed by atoms with Crippen molar-refractivity contribution >= 4 is 32.8 Å². The molecular weight excluding hydrogens is 703 g/mol. The molecule has 4 aromatic heterocycles. The van der Waals surface area contributed by atoms with E-state index >= 15 is 0 Å². The Labute approximate surface area is 258 Å². The molecule has 7 heteroatoms. The zero-order chi connectivity index (χ0) is 28.2. The number of phenolic OH excluding ortho intramolecular Hbond substituents is 1. The molecule has 0 aliphatic heterocycles. The molecule has 7 rings (SSSR count). The second-order valence-corrected chi connectivity index (χ2v) is 11.0. The van der Waals surface area contributed by atoms with Gasteiger partial charge in [-0.25, -0.2) is 9.97 Å². The summed E-state index contributed by atoms with van der Waals surface area (Å²) in [6.45, 7) is 8.90. The first-order chi connectivity index (χ1) is 19.9. The van der Waals surface area contributed by atoms with E-state index in [-0.39, 0.29) is 26.8 Å². The van der Waals surface area contributed by atoms with Crippen LogP contribution < -0.4 is 0 Å². The quantitative estimate of drug-likeness (QED) is 0.179. The minimum atomic E-state index is 0. The number of fused-ring (bicyclic) bond motifs is 4. The van der Waals surface area contributed by atoms with Crippen molar-refractivity contribution in [3.63, 3.8) is 0 Å². The van der Waals surface area contributed by atoms with E-state index < -0.39 is 0 Å². The molecule has 4 heterocycles. The maximum Gasteiger partial charge on any atom is 0.154 e. The summed E-state index contributed by atoms with van der Waals surface area (Å²) in [6.07, 6.45) is 5.64. The fourth-order valence-electron chi connectivity index (χ4n) is 5.71. The molecular formula is C35H29N4O2Pt-. The Balaban J connectivity index is 0.00000316. The molecule has 0 atom stereocenters. The van der Waals surface area contributed by atoms with Crippen molar-refractivity contribution < 1.29 is 30.6 Å². The van der Waals surface area contributed by atoms with E-state index in [4.69, 9.17) is 14.4 Å². The van der Waals surface area contributed by atoms with Gasteiger partial charge in [0.2, 0.25) is 0 Å². The third-order valence-electron chi connectivity index (χ3n) is 7.71. The Kier molecular flexibility index (Phi) is 7.20. The van der Waals surface area contributed by atoms with Gasteiger partial charge in [-0.3, -0.25) is 4.98 Å². The van der Waals surface area contributed by atoms with Gasteiger partial charge in [0.15, 0.2) is 5.58 Å². The predicted octanol–water partition coefficient (Wildman–Crippen LogP) is 8.80. The molecule has 0 saturated carbocycles. The molecule has 0 unspecified atom stereocenters. The molecule has 3 aromatic carbocycles. The van der Waals surface area contributed by atoms with Gasteiger partial charge in [0.1, 0.15) is 22.5 Å². The number of furan rings is 1. The van der Waals surface area contributed by atoms with Crippen LogP contribution in [0.15, 0.2) is 89.7 Å². The number of rotatable bonds is 5. The molecule has 0 radical (unpaired) electrons. The van der Waals surface area contributed by atoms with Crippen molar-refractivity contribution in [1.82, 2.24) is 19.5 Å². The molecule has 0 aliphatic carbocycles. The monoisotopic (exact) mass is 732 g/mol. The second kappa shape index (κ2) is 10.8. The Bertz CT molecular complexity index is 2060. The third kappa shape index (κ3) is 4.51. The first-order valence-corrected chi connectivity index (χ1v) is 13.9. The standard InChI is InChI=1S/C35H29N4O2.Pt/c1-20(2)23-9-6-10-24(21(3)4)34(23)39-19-28(38-35(39)26-11-5-8-22-18-36-17-16-25(22)26)27-14-15-31-33(37-27)32-29(40)12-7-13-30(32)41-31;/h5-15,17-21,40H,1-4H3;/q-1;. The van der Waals surface area contributed by atoms with Crippen LogP contribution in [0.3, 0.4) is 0 Å². The summed E-state index contributed by atoms with van der Waals surface area (Å²) in [6, 6.07) is 25.2. The van der Waals surface area contributed by atoms with Gasteiger partial charge in [0.05, 0.1) is 22.6 Å². The van der Waals surface area contributed by atoms with Crippen molar-refractivity contribution in [2.75, 3.05) is 0 Å². The molecule has 1 N–H and O–H groups in total. The summed E-state index contributed by atoms with van der Waals surface area (Å²) in [7, 11) is 0. The van der Waals surface area contributed by atoms with E-state index in [1.807, 2.05) is 36.5 Å². The average molecular weight is 733 g/mol. The number of para-hydroxylation sites is 1. The van der Waals surface area contributed by atoms with Crippen LogP contribution in [-0.4, -0.2) is 24.6 Å². The molecule has 0 saturated heterocycles. The Hall–Kier alpha value is -4.28. The summed E-state index contributed by atoms with van der Waals surface area (Å²) in [4.78, 5) is 14.5. The van der Waals surface area contributed by atoms with E-state index in [0.717, 1.165) is 33.5 Å². The van der Waals surface area contributed by atoms with Crippen molar-refractivity contribution in [3.8, 4) is 34.2 Å². The van der Waals surface area contributed by atoms with Gasteiger partial charge in [-0.1, -0.05) is 63.6 Å². The number of hydrogen-bond acceptors (Lipinski definition) is 5. The maximum absolute atomic E-state index is 10.6. The summed E-state index contributed by atoms with van der Waals surface area (Å²) >= 11 is 0. The van der Waals surface area contributed by atoms with E-state index in [1.165, 1.54) is 11.1 Å². The first kappa shape index (κ1) is 27.9. The minimum Gasteiger partial charge on any atom is -0.507 e. The summed E-state index contributed by atoms with van der Waals surface area (Å²) in [5.41, 5.74) is 7.87. The molecule has 0 amide bonds. The molecule has 6 nitrogen and oxygen atoms in total. The van der Waals surface area contributed by atoms with Crippen molar-refractivity contribution in [2.45, 2.75) is 39.5 Å². The molecule has 0 aliphatic rings. The Morgan fingerprint density at radius 3 is 2.31 bits per heavy atom. The van der Waals surface area contributed by atoms with Crippen LogP contribution in [0.5, 0.6) is 5.75 Å². The van der Waals surface area contributed by atoms with Gasteiger partial charge < -0.3 is 14.1 Å². The zero-order valence-corrected chi connectivity index (χ0v) is 26.0. The average Bonchev–Trinajstić information content (AvgIpc) is 3.58. The van der Waals surface area contributed by atoms with Crippen LogP contribution in [0, 0.1) is 6.07 Å². The van der Waals surface area contributed by atoms with Gasteiger partial charge in [-0.15, -0.1) is 17.5 Å². The fourth-order valence-corrected chi connectivity index (χ4v) is 5.71. The summed E-state index contributed by atoms with van der Waals surface area (Å²) < 4.78 is 8.19. The molecule has 212 valence electrons. The van der Waals surface area contributed by atoms with Crippen LogP contribution >= 0.6 is 0 Å². The number of imidazole rings is 1. The molecule has 7 aromatic rings. The Morgan fingerprint density at radius 2 is 1.55 bits per heavy atom. The van der Waals surface area contributed by atoms with Crippen LogP contribution in [0.4, 0.5) is 0 Å². The normalized spacial score (nSPS) is 11.7. The van der Waals surface area contributed by atoms with Crippen LogP contribution in [0.2, 0.25) is 0 Å². The van der Waals surface area contributed by atoms with E-state index in [0.29, 0.717) is 39.6 Å². The summed E-state index contributed by atoms with van der Waals surface area (Å²) in [5.74, 6) is 1.56. The number of pyridine rings is 2. The van der Waals surface area contributed by atoms with Gasteiger partial charge in [-0.2, -0.15) is 11.5 Å². The fraction of sp³-hybridized carbons (Fsp3) is 0.171. The number of nitrogens with zero attached hydrogens (tertiary/aromatic N) is 4. The smallest absolute Gasteiger partial charge is 0.154 e. The van der Waals surface area contributed by atoms with E-state index in [9.17, 15) is 5.11 Å². The van der Waals surface area contributed by atoms with Crippen LogP contribution in [-0.2, 0) is 21.1 Å². The van der Waals surface area contributed by atoms with Crippen LogP contribution in [0.25, 0.3) is 61.3 Å². The molecule has 0 bridgehead atoms. The molecule has 0 fully saturated rings. The number of benzene rings is 3. The van der Waals surface area contributed by atoms with Crippen molar-refractivity contribution in [1.29, 1.82) is 0 Å². The van der Waals surface area contributed by atoms with Gasteiger partial charge in [0, 0.05) is 27.3 Å². The zero-order valence-electron chi connectivity index (χ0n) is 23.7. The van der Waals surface area contributed by atoms with Crippen molar-refractivity contribution in [2.24, 2.45) is 0 Å². The Morgan fingerprint density at radius 1 is 0.810 bits per heavy atom.